The zero-order chi connectivity index (χ0) is 15.3. The normalized spacial score (nSPS) is 20.3. The molecule has 0 spiro atoms. The molecule has 1 fully saturated rings. The minimum atomic E-state index is -5.08. The van der Waals surface area contributed by atoms with Gasteiger partial charge in [0.25, 0.3) is 0 Å². The second-order valence-corrected chi connectivity index (χ2v) is 4.79. The summed E-state index contributed by atoms with van der Waals surface area (Å²) in [6, 6.07) is -0.0243. The van der Waals surface area contributed by atoms with Crippen molar-refractivity contribution in [3.8, 4) is 0 Å². The molecular formula is C12H18F3NO3. The minimum absolute atomic E-state index is 0.0243. The molecule has 0 amide bonds. The van der Waals surface area contributed by atoms with Gasteiger partial charge in [-0.2, -0.15) is 13.2 Å². The number of carbonyl (C=O) groups excluding carboxylic acids is 1. The lowest BCUT2D eigenvalue weighted by molar-refractivity contribution is -0.192. The fourth-order valence-corrected chi connectivity index (χ4v) is 1.56. The van der Waals surface area contributed by atoms with Crippen LogP contribution in [-0.4, -0.2) is 35.6 Å². The summed E-state index contributed by atoms with van der Waals surface area (Å²) in [5.74, 6) is -2.43. The molecule has 0 aromatic heterocycles. The van der Waals surface area contributed by atoms with Gasteiger partial charge in [0.05, 0.1) is 6.04 Å². The second-order valence-electron chi connectivity index (χ2n) is 4.79. The van der Waals surface area contributed by atoms with Crippen LogP contribution in [0.3, 0.4) is 0 Å². The smallest absolute Gasteiger partial charge is 0.475 e. The third kappa shape index (κ3) is 5.87. The summed E-state index contributed by atoms with van der Waals surface area (Å²) >= 11 is 0. The number of hydrogen-bond acceptors (Lipinski definition) is 3. The van der Waals surface area contributed by atoms with E-state index in [0.29, 0.717) is 5.78 Å². The minimum Gasteiger partial charge on any atom is -0.475 e. The van der Waals surface area contributed by atoms with Crippen LogP contribution in [0, 0.1) is 5.41 Å². The molecule has 1 rings (SSSR count). The number of carboxylic acids is 1. The maximum atomic E-state index is 11.5. The molecule has 1 aliphatic rings. The number of aliphatic carboxylic acids is 1. The molecule has 0 aliphatic carbocycles. The number of carbonyl (C=O) groups is 2. The van der Waals surface area contributed by atoms with Crippen LogP contribution in [0.25, 0.3) is 0 Å². The van der Waals surface area contributed by atoms with Gasteiger partial charge < -0.3 is 10.4 Å². The zero-order valence-corrected chi connectivity index (χ0v) is 10.9. The van der Waals surface area contributed by atoms with Crippen LogP contribution in [0.1, 0.15) is 26.7 Å². The molecule has 0 bridgehead atoms. The Hall–Kier alpha value is -1.37. The molecule has 1 unspecified atom stereocenters. The lowest BCUT2D eigenvalue weighted by Gasteiger charge is -2.33. The highest BCUT2D eigenvalue weighted by Crippen LogP contribution is 2.25. The number of alkyl halides is 3. The summed E-state index contributed by atoms with van der Waals surface area (Å²) in [6.45, 7) is 8.79. The number of ketones is 1. The number of rotatable bonds is 2. The van der Waals surface area contributed by atoms with E-state index < -0.39 is 12.1 Å². The van der Waals surface area contributed by atoms with Gasteiger partial charge in [-0.25, -0.2) is 4.79 Å². The van der Waals surface area contributed by atoms with E-state index in [0.717, 1.165) is 19.4 Å². The standard InChI is InChI=1S/C10H17NO.C2HF3O2/c1-4-10(2,3)9-8(12)6-5-7-11-9;3-2(4,5)1(6)7/h4,9,11H,1,5-7H2,2-3H3;(H,6,7). The van der Waals surface area contributed by atoms with Crippen LogP contribution in [0.2, 0.25) is 0 Å². The van der Waals surface area contributed by atoms with Crippen molar-refractivity contribution in [3.05, 3.63) is 12.7 Å². The highest BCUT2D eigenvalue weighted by atomic mass is 19.4. The van der Waals surface area contributed by atoms with E-state index in [1.807, 2.05) is 19.9 Å². The third-order valence-electron chi connectivity index (χ3n) is 2.78. The predicted molar refractivity (Wildman–Crippen MR) is 63.7 cm³/mol. The summed E-state index contributed by atoms with van der Waals surface area (Å²) in [5.41, 5.74) is -0.114. The lowest BCUT2D eigenvalue weighted by Crippen LogP contribution is -2.50. The Labute approximate surface area is 109 Å². The van der Waals surface area contributed by atoms with Crippen LogP contribution in [0.5, 0.6) is 0 Å². The Morgan fingerprint density at radius 2 is 1.95 bits per heavy atom. The van der Waals surface area contributed by atoms with Crippen molar-refractivity contribution in [2.45, 2.75) is 38.9 Å². The van der Waals surface area contributed by atoms with Crippen molar-refractivity contribution in [2.75, 3.05) is 6.54 Å². The Balaban J connectivity index is 0.000000399. The molecule has 0 radical (unpaired) electrons. The maximum absolute atomic E-state index is 11.5. The number of carboxylic acid groups (broad SMARTS) is 1. The van der Waals surface area contributed by atoms with Gasteiger partial charge in [-0.15, -0.1) is 6.58 Å². The summed E-state index contributed by atoms with van der Waals surface area (Å²) in [4.78, 5) is 20.4. The molecule has 7 heteroatoms. The Morgan fingerprint density at radius 3 is 2.26 bits per heavy atom. The fraction of sp³-hybridized carbons (Fsp3) is 0.667. The topological polar surface area (TPSA) is 66.4 Å². The first-order valence-corrected chi connectivity index (χ1v) is 5.72. The van der Waals surface area contributed by atoms with Crippen LogP contribution >= 0.6 is 0 Å². The third-order valence-corrected chi connectivity index (χ3v) is 2.78. The van der Waals surface area contributed by atoms with Crippen molar-refractivity contribution in [3.63, 3.8) is 0 Å². The molecule has 4 nitrogen and oxygen atoms in total. The van der Waals surface area contributed by atoms with Gasteiger partial charge in [-0.3, -0.25) is 4.79 Å². The van der Waals surface area contributed by atoms with Crippen molar-refractivity contribution in [2.24, 2.45) is 5.41 Å². The van der Waals surface area contributed by atoms with Crippen molar-refractivity contribution in [1.82, 2.24) is 5.32 Å². The quantitative estimate of drug-likeness (QED) is 0.761. The highest BCUT2D eigenvalue weighted by Gasteiger charge is 2.38. The summed E-state index contributed by atoms with van der Waals surface area (Å²) < 4.78 is 31.7. The zero-order valence-electron chi connectivity index (χ0n) is 10.9. The van der Waals surface area contributed by atoms with E-state index in [1.165, 1.54) is 0 Å². The van der Waals surface area contributed by atoms with Crippen molar-refractivity contribution >= 4 is 11.8 Å². The number of hydrogen-bond donors (Lipinski definition) is 2. The van der Waals surface area contributed by atoms with Crippen LogP contribution in [0.15, 0.2) is 12.7 Å². The number of halogens is 3. The van der Waals surface area contributed by atoms with E-state index in [1.54, 1.807) is 0 Å². The monoisotopic (exact) mass is 281 g/mol. The molecule has 0 aromatic rings. The molecule has 0 aromatic carbocycles. The fourth-order valence-electron chi connectivity index (χ4n) is 1.56. The van der Waals surface area contributed by atoms with Gasteiger partial charge in [0.2, 0.25) is 0 Å². The molecule has 2 N–H and O–H groups in total. The number of Topliss-reactive ketones (excluding diaryl/α,β-unsaturated/α-hetero) is 1. The van der Waals surface area contributed by atoms with Gasteiger partial charge in [0.15, 0.2) is 5.78 Å². The first-order chi connectivity index (χ1) is 8.52. The van der Waals surface area contributed by atoms with Crippen molar-refractivity contribution < 1.29 is 27.9 Å². The first-order valence-electron chi connectivity index (χ1n) is 5.72. The lowest BCUT2D eigenvalue weighted by atomic mass is 9.79. The predicted octanol–water partition coefficient (Wildman–Crippen LogP) is 2.15. The molecule has 1 heterocycles. The van der Waals surface area contributed by atoms with E-state index in [-0.39, 0.29) is 11.5 Å². The van der Waals surface area contributed by atoms with E-state index in [4.69, 9.17) is 9.90 Å². The molecule has 1 atom stereocenters. The second kappa shape index (κ2) is 6.70. The maximum Gasteiger partial charge on any atom is 0.490 e. The summed E-state index contributed by atoms with van der Waals surface area (Å²) in [7, 11) is 0. The van der Waals surface area contributed by atoms with E-state index >= 15 is 0 Å². The van der Waals surface area contributed by atoms with Gasteiger partial charge in [0.1, 0.15) is 0 Å². The Kier molecular flexibility index (Phi) is 6.21. The number of piperidine rings is 1. The molecule has 1 aliphatic heterocycles. The Bertz CT molecular complexity index is 351. The first kappa shape index (κ1) is 17.6. The van der Waals surface area contributed by atoms with Crippen LogP contribution in [0.4, 0.5) is 13.2 Å². The summed E-state index contributed by atoms with van der Waals surface area (Å²) in [6.07, 6.45) is -1.54. The molecule has 19 heavy (non-hydrogen) atoms. The van der Waals surface area contributed by atoms with Crippen LogP contribution in [-0.2, 0) is 9.59 Å². The van der Waals surface area contributed by atoms with Crippen LogP contribution < -0.4 is 5.32 Å². The van der Waals surface area contributed by atoms with Gasteiger partial charge >= 0.3 is 12.1 Å². The van der Waals surface area contributed by atoms with E-state index in [9.17, 15) is 18.0 Å². The highest BCUT2D eigenvalue weighted by molar-refractivity contribution is 5.85. The summed E-state index contributed by atoms with van der Waals surface area (Å²) in [5, 5.41) is 10.4. The molecule has 0 saturated carbocycles. The SMILES string of the molecule is C=CC(C)(C)C1NCCCC1=O.O=C(O)C(F)(F)F. The molecule has 1 saturated heterocycles. The Morgan fingerprint density at radius 1 is 1.47 bits per heavy atom. The van der Waals surface area contributed by atoms with Gasteiger partial charge in [-0.1, -0.05) is 19.9 Å². The van der Waals surface area contributed by atoms with Gasteiger partial charge in [-0.05, 0) is 13.0 Å². The molecular weight excluding hydrogens is 263 g/mol. The van der Waals surface area contributed by atoms with Gasteiger partial charge in [0, 0.05) is 11.8 Å². The average molecular weight is 281 g/mol. The number of nitrogens with one attached hydrogen (secondary N) is 1. The largest absolute Gasteiger partial charge is 0.490 e. The average Bonchev–Trinajstić information content (AvgIpc) is 2.29. The molecule has 110 valence electrons. The van der Waals surface area contributed by atoms with E-state index in [2.05, 4.69) is 11.9 Å². The van der Waals surface area contributed by atoms with Crippen molar-refractivity contribution in [1.29, 1.82) is 0 Å².